The van der Waals surface area contributed by atoms with Gasteiger partial charge < -0.3 is 14.4 Å². The van der Waals surface area contributed by atoms with Crippen LogP contribution >= 0.6 is 0 Å². The van der Waals surface area contributed by atoms with Crippen LogP contribution in [0.2, 0.25) is 0 Å². The van der Waals surface area contributed by atoms with Crippen molar-refractivity contribution in [2.24, 2.45) is 0 Å². The summed E-state index contributed by atoms with van der Waals surface area (Å²) in [4.78, 5) is 33.7. The van der Waals surface area contributed by atoms with Crippen LogP contribution in [0.3, 0.4) is 0 Å². The van der Waals surface area contributed by atoms with E-state index in [2.05, 4.69) is 4.98 Å². The van der Waals surface area contributed by atoms with Crippen LogP contribution in [0.4, 0.5) is 5.82 Å². The minimum atomic E-state index is -0.390. The number of hydrogen-bond acceptors (Lipinski definition) is 5. The zero-order valence-corrected chi connectivity index (χ0v) is 16.3. The molecule has 1 aromatic heterocycles. The van der Waals surface area contributed by atoms with Crippen molar-refractivity contribution in [3.63, 3.8) is 0 Å². The third kappa shape index (κ3) is 3.15. The van der Waals surface area contributed by atoms with Gasteiger partial charge in [-0.25, -0.2) is 4.98 Å². The van der Waals surface area contributed by atoms with Crippen LogP contribution in [0.1, 0.15) is 32.1 Å². The molecule has 28 heavy (non-hydrogen) atoms. The van der Waals surface area contributed by atoms with E-state index >= 15 is 0 Å². The number of likely N-dealkylation sites (tertiary alicyclic amines) is 1. The molecule has 2 fully saturated rings. The largest absolute Gasteiger partial charge is 0.493 e. The molecule has 2 aliphatic heterocycles. The fraction of sp³-hybridized carbons (Fsp3) is 0.476. The quantitative estimate of drug-likeness (QED) is 0.812. The molecule has 2 saturated heterocycles. The Balaban J connectivity index is 1.72. The lowest BCUT2D eigenvalue weighted by molar-refractivity contribution is -0.142. The Kier molecular flexibility index (Phi) is 5.07. The molecular weight excluding hydrogens is 358 g/mol. The van der Waals surface area contributed by atoms with Crippen LogP contribution in [-0.2, 0) is 9.59 Å². The van der Waals surface area contributed by atoms with Gasteiger partial charge in [0.25, 0.3) is 5.91 Å². The second kappa shape index (κ2) is 7.66. The summed E-state index contributed by atoms with van der Waals surface area (Å²) >= 11 is 0. The maximum atomic E-state index is 13.3. The Labute approximate surface area is 164 Å². The third-order valence-corrected chi connectivity index (χ3v) is 5.65. The summed E-state index contributed by atoms with van der Waals surface area (Å²) in [7, 11) is 3.18. The highest BCUT2D eigenvalue weighted by atomic mass is 16.5. The lowest BCUT2D eigenvalue weighted by atomic mass is 9.99. The van der Waals surface area contributed by atoms with Crippen molar-refractivity contribution in [2.75, 3.05) is 32.2 Å². The van der Waals surface area contributed by atoms with Crippen LogP contribution in [0.15, 0.2) is 24.4 Å². The summed E-state index contributed by atoms with van der Waals surface area (Å²) in [6, 6.07) is 5.25. The molecular formula is C21H25N3O4. The summed E-state index contributed by atoms with van der Waals surface area (Å²) < 4.78 is 10.8. The first-order valence-electron chi connectivity index (χ1n) is 9.75. The van der Waals surface area contributed by atoms with E-state index in [9.17, 15) is 9.59 Å². The van der Waals surface area contributed by atoms with E-state index in [1.807, 2.05) is 18.2 Å². The zero-order valence-electron chi connectivity index (χ0n) is 16.3. The van der Waals surface area contributed by atoms with Gasteiger partial charge in [-0.2, -0.15) is 0 Å². The molecule has 2 aliphatic rings. The number of amides is 2. The van der Waals surface area contributed by atoms with Crippen LogP contribution < -0.4 is 14.4 Å². The lowest BCUT2D eigenvalue weighted by Gasteiger charge is -2.39. The van der Waals surface area contributed by atoms with Gasteiger partial charge in [0.1, 0.15) is 11.9 Å². The van der Waals surface area contributed by atoms with E-state index in [1.54, 1.807) is 30.2 Å². The van der Waals surface area contributed by atoms with Crippen molar-refractivity contribution in [2.45, 2.75) is 38.1 Å². The summed E-state index contributed by atoms with van der Waals surface area (Å²) in [6.07, 6.45) is 5.65. The van der Waals surface area contributed by atoms with Crippen LogP contribution in [-0.4, -0.2) is 55.0 Å². The van der Waals surface area contributed by atoms with Crippen molar-refractivity contribution < 1.29 is 19.1 Å². The van der Waals surface area contributed by atoms with Crippen LogP contribution in [0.25, 0.3) is 10.8 Å². The summed E-state index contributed by atoms with van der Waals surface area (Å²) in [5.41, 5.74) is 0. The predicted octanol–water partition coefficient (Wildman–Crippen LogP) is 2.76. The van der Waals surface area contributed by atoms with Gasteiger partial charge in [0.15, 0.2) is 11.5 Å². The average molecular weight is 383 g/mol. The maximum absolute atomic E-state index is 13.3. The van der Waals surface area contributed by atoms with Gasteiger partial charge in [-0.3, -0.25) is 14.5 Å². The number of rotatable bonds is 4. The van der Waals surface area contributed by atoms with Gasteiger partial charge in [0, 0.05) is 31.1 Å². The number of fused-ring (bicyclic) bond motifs is 1. The second-order valence-corrected chi connectivity index (χ2v) is 7.26. The summed E-state index contributed by atoms with van der Waals surface area (Å²) in [5, 5.41) is 1.76. The molecule has 7 nitrogen and oxygen atoms in total. The minimum Gasteiger partial charge on any atom is -0.493 e. The number of piperidine rings is 2. The molecule has 0 aliphatic carbocycles. The minimum absolute atomic E-state index is 0.0451. The fourth-order valence-corrected chi connectivity index (χ4v) is 4.21. The number of benzene rings is 1. The number of methoxy groups -OCH3 is 2. The van der Waals surface area contributed by atoms with Crippen molar-refractivity contribution in [1.82, 2.24) is 9.88 Å². The molecule has 1 aromatic carbocycles. The number of nitrogens with zero attached hydrogens (tertiary/aromatic N) is 3. The van der Waals surface area contributed by atoms with E-state index < -0.39 is 6.04 Å². The Morgan fingerprint density at radius 1 is 1.04 bits per heavy atom. The highest BCUT2D eigenvalue weighted by molar-refractivity contribution is 6.06. The van der Waals surface area contributed by atoms with Gasteiger partial charge in [-0.1, -0.05) is 0 Å². The maximum Gasteiger partial charge on any atom is 0.250 e. The van der Waals surface area contributed by atoms with Crippen molar-refractivity contribution >= 4 is 28.4 Å². The number of carbonyl (C=O) groups is 2. The number of anilines is 1. The molecule has 1 atom stereocenters. The Hall–Kier alpha value is -2.83. The molecule has 2 amide bonds. The highest BCUT2D eigenvalue weighted by Gasteiger charge is 2.37. The Bertz CT molecular complexity index is 914. The molecule has 148 valence electrons. The molecule has 0 bridgehead atoms. The third-order valence-electron chi connectivity index (χ3n) is 5.65. The molecule has 3 heterocycles. The normalized spacial score (nSPS) is 20.6. The molecule has 7 heteroatoms. The van der Waals surface area contributed by atoms with Gasteiger partial charge in [0.05, 0.1) is 14.2 Å². The number of carbonyl (C=O) groups excluding carboxylic acids is 2. The SMILES string of the molecule is COc1cc2ccnc(N3CCCC(N4CCCCC4=O)C3=O)c2cc1OC. The lowest BCUT2D eigenvalue weighted by Crippen LogP contribution is -2.55. The summed E-state index contributed by atoms with van der Waals surface area (Å²) in [6.45, 7) is 1.26. The van der Waals surface area contributed by atoms with Crippen molar-refractivity contribution in [3.8, 4) is 11.5 Å². The van der Waals surface area contributed by atoms with Gasteiger partial charge in [0.2, 0.25) is 5.91 Å². The van der Waals surface area contributed by atoms with Gasteiger partial charge in [-0.05, 0) is 49.3 Å². The van der Waals surface area contributed by atoms with E-state index in [1.165, 1.54) is 0 Å². The van der Waals surface area contributed by atoms with Gasteiger partial charge in [-0.15, -0.1) is 0 Å². The first-order valence-corrected chi connectivity index (χ1v) is 9.75. The van der Waals surface area contributed by atoms with Crippen molar-refractivity contribution in [1.29, 1.82) is 0 Å². The molecule has 4 rings (SSSR count). The fourth-order valence-electron chi connectivity index (χ4n) is 4.21. The topological polar surface area (TPSA) is 72.0 Å². The van der Waals surface area contributed by atoms with E-state index in [4.69, 9.17) is 9.47 Å². The highest BCUT2D eigenvalue weighted by Crippen LogP contribution is 2.37. The van der Waals surface area contributed by atoms with E-state index in [0.717, 1.165) is 30.0 Å². The predicted molar refractivity (Wildman–Crippen MR) is 106 cm³/mol. The van der Waals surface area contributed by atoms with Gasteiger partial charge >= 0.3 is 0 Å². The second-order valence-electron chi connectivity index (χ2n) is 7.26. The van der Waals surface area contributed by atoms with Crippen molar-refractivity contribution in [3.05, 3.63) is 24.4 Å². The zero-order chi connectivity index (χ0) is 19.7. The first kappa shape index (κ1) is 18.5. The van der Waals surface area contributed by atoms with Crippen LogP contribution in [0.5, 0.6) is 11.5 Å². The Morgan fingerprint density at radius 3 is 2.57 bits per heavy atom. The molecule has 0 radical (unpaired) electrons. The number of hydrogen-bond donors (Lipinski definition) is 0. The molecule has 0 spiro atoms. The summed E-state index contributed by atoms with van der Waals surface area (Å²) in [5.74, 6) is 1.88. The number of aromatic nitrogens is 1. The van der Waals surface area contributed by atoms with Crippen LogP contribution in [0, 0.1) is 0 Å². The smallest absolute Gasteiger partial charge is 0.250 e. The average Bonchev–Trinajstić information content (AvgIpc) is 2.73. The molecule has 1 unspecified atom stereocenters. The molecule has 0 saturated carbocycles. The molecule has 0 N–H and O–H groups in total. The number of pyridine rings is 1. The van der Waals surface area contributed by atoms with E-state index in [0.29, 0.717) is 43.2 Å². The van der Waals surface area contributed by atoms with E-state index in [-0.39, 0.29) is 11.8 Å². The monoisotopic (exact) mass is 383 g/mol. The Morgan fingerprint density at radius 2 is 1.82 bits per heavy atom. The standard InChI is InChI=1S/C21H25N3O4/c1-27-17-12-14-8-9-22-20(15(14)13-18(17)28-2)24-11-5-6-16(21(24)26)23-10-4-3-7-19(23)25/h8-9,12-13,16H,3-7,10-11H2,1-2H3. The first-order chi connectivity index (χ1) is 13.6. The number of ether oxygens (including phenoxy) is 2. The molecule has 2 aromatic rings.